The van der Waals surface area contributed by atoms with E-state index >= 15 is 0 Å². The first-order valence-corrected chi connectivity index (χ1v) is 6.87. The van der Waals surface area contributed by atoms with Crippen LogP contribution in [0.2, 0.25) is 0 Å². The summed E-state index contributed by atoms with van der Waals surface area (Å²) in [5.41, 5.74) is 1.61. The molecular formula is C11H12F2O5S. The first-order valence-electron chi connectivity index (χ1n) is 5.43. The molecular weight excluding hydrogens is 282 g/mol. The topological polar surface area (TPSA) is 76.1 Å². The first kappa shape index (κ1) is 14.3. The molecule has 106 valence electrons. The lowest BCUT2D eigenvalue weighted by molar-refractivity contribution is -0.0264. The van der Waals surface area contributed by atoms with Crippen LogP contribution in [0.25, 0.3) is 0 Å². The molecule has 1 aliphatic heterocycles. The zero-order chi connectivity index (χ0) is 14.1. The first-order chi connectivity index (χ1) is 8.79. The van der Waals surface area contributed by atoms with Crippen molar-refractivity contribution in [1.29, 1.82) is 0 Å². The fourth-order valence-corrected chi connectivity index (χ4v) is 1.66. The molecule has 1 aromatic carbocycles. The lowest BCUT2D eigenvalue weighted by atomic mass is 10.1. The average Bonchev–Trinajstić information content (AvgIpc) is 3.12. The van der Waals surface area contributed by atoms with Crippen molar-refractivity contribution in [2.75, 3.05) is 13.2 Å². The summed E-state index contributed by atoms with van der Waals surface area (Å²) >= 11 is 0. The van der Waals surface area contributed by atoms with Crippen LogP contribution >= 0.6 is 0 Å². The van der Waals surface area contributed by atoms with Gasteiger partial charge >= 0.3 is 15.4 Å². The van der Waals surface area contributed by atoms with Gasteiger partial charge < -0.3 is 9.47 Å². The molecule has 0 bridgehead atoms. The monoisotopic (exact) mass is 294 g/mol. The van der Waals surface area contributed by atoms with Crippen molar-refractivity contribution < 1.29 is 31.2 Å². The molecule has 1 fully saturated rings. The van der Waals surface area contributed by atoms with Gasteiger partial charge in [0, 0.05) is 0 Å². The van der Waals surface area contributed by atoms with Gasteiger partial charge in [0.15, 0.2) is 0 Å². The number of hydrogen-bond donors (Lipinski definition) is 1. The fraction of sp³-hybridized carbons (Fsp3) is 0.455. The van der Waals surface area contributed by atoms with Gasteiger partial charge in [-0.2, -0.15) is 17.2 Å². The minimum Gasteiger partial charge on any atom is -0.369 e. The minimum atomic E-state index is -5.44. The number of ether oxygens (including phenoxy) is 2. The highest BCUT2D eigenvalue weighted by Gasteiger charge is 2.44. The van der Waals surface area contributed by atoms with E-state index in [2.05, 4.69) is 4.74 Å². The third-order valence-corrected chi connectivity index (χ3v) is 3.47. The summed E-state index contributed by atoms with van der Waals surface area (Å²) in [6.07, 6.45) is 0.110. The molecule has 1 aromatic rings. The number of hydrogen-bond acceptors (Lipinski definition) is 4. The summed E-state index contributed by atoms with van der Waals surface area (Å²) < 4.78 is 64.3. The second-order valence-corrected chi connectivity index (χ2v) is 5.72. The molecule has 0 spiro atoms. The Hall–Kier alpha value is -1.09. The van der Waals surface area contributed by atoms with Crippen molar-refractivity contribution in [3.05, 3.63) is 35.4 Å². The normalized spacial score (nSPS) is 19.4. The van der Waals surface area contributed by atoms with E-state index in [1.165, 1.54) is 0 Å². The molecule has 1 N–H and O–H groups in total. The molecule has 0 saturated carbocycles. The third kappa shape index (κ3) is 3.69. The van der Waals surface area contributed by atoms with E-state index in [0.29, 0.717) is 12.2 Å². The lowest BCUT2D eigenvalue weighted by Gasteiger charge is -2.13. The summed E-state index contributed by atoms with van der Waals surface area (Å²) in [4.78, 5) is 0. The summed E-state index contributed by atoms with van der Waals surface area (Å²) in [5.74, 6) is 0. The van der Waals surface area contributed by atoms with E-state index in [9.17, 15) is 17.2 Å². The summed E-state index contributed by atoms with van der Waals surface area (Å²) in [5, 5.41) is -4.30. The summed E-state index contributed by atoms with van der Waals surface area (Å²) in [6.45, 7) is -0.882. The van der Waals surface area contributed by atoms with E-state index in [1.54, 1.807) is 24.3 Å². The van der Waals surface area contributed by atoms with Crippen molar-refractivity contribution in [2.24, 2.45) is 0 Å². The van der Waals surface area contributed by atoms with Gasteiger partial charge in [0.25, 0.3) is 0 Å². The molecule has 1 atom stereocenters. The molecule has 0 amide bonds. The van der Waals surface area contributed by atoms with E-state index in [4.69, 9.17) is 9.29 Å². The molecule has 19 heavy (non-hydrogen) atoms. The highest BCUT2D eigenvalue weighted by molar-refractivity contribution is 7.86. The Bertz CT molecular complexity index is 537. The highest BCUT2D eigenvalue weighted by Crippen LogP contribution is 2.29. The Morgan fingerprint density at radius 2 is 1.95 bits per heavy atom. The predicted molar refractivity (Wildman–Crippen MR) is 61.3 cm³/mol. The van der Waals surface area contributed by atoms with Crippen molar-refractivity contribution >= 4 is 10.1 Å². The Balaban J connectivity index is 1.85. The van der Waals surface area contributed by atoms with E-state index in [-0.39, 0.29) is 12.7 Å². The van der Waals surface area contributed by atoms with Crippen molar-refractivity contribution in [3.63, 3.8) is 0 Å². The SMILES string of the molecule is O=S(=O)(O)C(F)(F)COCc1ccc(C2CO2)cc1. The fourth-order valence-electron chi connectivity index (χ4n) is 1.43. The van der Waals surface area contributed by atoms with Crippen LogP contribution in [0.15, 0.2) is 24.3 Å². The van der Waals surface area contributed by atoms with E-state index < -0.39 is 22.0 Å². The zero-order valence-corrected chi connectivity index (χ0v) is 10.6. The van der Waals surface area contributed by atoms with Gasteiger partial charge in [0.05, 0.1) is 13.2 Å². The molecule has 1 heterocycles. The third-order valence-electron chi connectivity index (χ3n) is 2.60. The molecule has 0 aromatic heterocycles. The van der Waals surface area contributed by atoms with Gasteiger partial charge in [-0.05, 0) is 11.1 Å². The highest BCUT2D eigenvalue weighted by atomic mass is 32.2. The summed E-state index contributed by atoms with van der Waals surface area (Å²) in [6, 6.07) is 6.94. The number of halogens is 2. The molecule has 1 unspecified atom stereocenters. The van der Waals surface area contributed by atoms with E-state index in [0.717, 1.165) is 5.56 Å². The molecule has 2 rings (SSSR count). The van der Waals surface area contributed by atoms with Gasteiger partial charge in [-0.25, -0.2) is 0 Å². The van der Waals surface area contributed by atoms with Gasteiger partial charge in [-0.1, -0.05) is 24.3 Å². The Labute approximate surface area is 108 Å². The van der Waals surface area contributed by atoms with Crippen LogP contribution < -0.4 is 0 Å². The predicted octanol–water partition coefficient (Wildman–Crippen LogP) is 1.76. The van der Waals surface area contributed by atoms with Crippen molar-refractivity contribution in [3.8, 4) is 0 Å². The maximum Gasteiger partial charge on any atom is 0.392 e. The minimum absolute atomic E-state index is 0.110. The zero-order valence-electron chi connectivity index (χ0n) is 9.75. The number of benzene rings is 1. The molecule has 0 radical (unpaired) electrons. The maximum atomic E-state index is 12.8. The number of epoxide rings is 1. The number of alkyl halides is 2. The van der Waals surface area contributed by atoms with Gasteiger partial charge in [0.2, 0.25) is 0 Å². The van der Waals surface area contributed by atoms with E-state index in [1.807, 2.05) is 0 Å². The largest absolute Gasteiger partial charge is 0.392 e. The summed E-state index contributed by atoms with van der Waals surface area (Å²) in [7, 11) is -5.44. The van der Waals surface area contributed by atoms with Crippen LogP contribution in [0.1, 0.15) is 17.2 Å². The standard InChI is InChI=1S/C11H12F2O5S/c12-11(13,19(14,15)16)7-17-5-8-1-3-9(4-2-8)10-6-18-10/h1-4,10H,5-7H2,(H,14,15,16). The average molecular weight is 294 g/mol. The molecule has 0 aliphatic carbocycles. The van der Waals surface area contributed by atoms with Crippen LogP contribution in [0.5, 0.6) is 0 Å². The van der Waals surface area contributed by atoms with Gasteiger partial charge in [-0.3, -0.25) is 4.55 Å². The number of rotatable bonds is 6. The molecule has 8 heteroatoms. The second kappa shape index (κ2) is 5.12. The molecule has 1 aliphatic rings. The van der Waals surface area contributed by atoms with Crippen LogP contribution in [0.4, 0.5) is 8.78 Å². The van der Waals surface area contributed by atoms with Gasteiger partial charge in [0.1, 0.15) is 12.7 Å². The molecule has 5 nitrogen and oxygen atoms in total. The van der Waals surface area contributed by atoms with Gasteiger partial charge in [-0.15, -0.1) is 0 Å². The Morgan fingerprint density at radius 1 is 1.37 bits per heavy atom. The molecule has 1 saturated heterocycles. The lowest BCUT2D eigenvalue weighted by Crippen LogP contribution is -2.33. The maximum absolute atomic E-state index is 12.8. The van der Waals surface area contributed by atoms with Crippen molar-refractivity contribution in [2.45, 2.75) is 18.0 Å². The van der Waals surface area contributed by atoms with Crippen LogP contribution in [0, 0.1) is 0 Å². The Morgan fingerprint density at radius 3 is 2.42 bits per heavy atom. The van der Waals surface area contributed by atoms with Crippen LogP contribution in [0.3, 0.4) is 0 Å². The van der Waals surface area contributed by atoms with Crippen LogP contribution in [-0.4, -0.2) is 31.4 Å². The van der Waals surface area contributed by atoms with Crippen LogP contribution in [-0.2, 0) is 26.2 Å². The smallest absolute Gasteiger partial charge is 0.369 e. The second-order valence-electron chi connectivity index (χ2n) is 4.17. The Kier molecular flexibility index (Phi) is 3.86. The quantitative estimate of drug-likeness (QED) is 0.639. The van der Waals surface area contributed by atoms with Crippen molar-refractivity contribution in [1.82, 2.24) is 0 Å².